The van der Waals surface area contributed by atoms with E-state index in [1.54, 1.807) is 35.2 Å². The molecule has 1 unspecified atom stereocenters. The number of anilines is 2. The van der Waals surface area contributed by atoms with Crippen molar-refractivity contribution in [2.45, 2.75) is 24.3 Å². The van der Waals surface area contributed by atoms with E-state index >= 15 is 0 Å². The average Bonchev–Trinajstić information content (AvgIpc) is 3.50. The molecule has 0 amide bonds. The number of ether oxygens (including phenoxy) is 1. The number of benzene rings is 1. The van der Waals surface area contributed by atoms with Crippen LogP contribution in [0, 0.1) is 5.82 Å². The van der Waals surface area contributed by atoms with Gasteiger partial charge in [0, 0.05) is 29.0 Å². The fourth-order valence-electron chi connectivity index (χ4n) is 4.63. The minimum absolute atomic E-state index is 0.0518. The number of thiophene rings is 1. The first kappa shape index (κ1) is 17.7. The minimum Gasteiger partial charge on any atom is -0.379 e. The van der Waals surface area contributed by atoms with Crippen molar-refractivity contribution in [3.05, 3.63) is 46.7 Å². The molecule has 2 atom stereocenters. The van der Waals surface area contributed by atoms with Crippen molar-refractivity contribution in [1.29, 1.82) is 0 Å². The zero-order valence-corrected chi connectivity index (χ0v) is 17.2. The summed E-state index contributed by atoms with van der Waals surface area (Å²) in [6, 6.07) is 7.45. The summed E-state index contributed by atoms with van der Waals surface area (Å²) < 4.78 is 21.2. The van der Waals surface area contributed by atoms with Gasteiger partial charge in [-0.15, -0.1) is 22.7 Å². The summed E-state index contributed by atoms with van der Waals surface area (Å²) in [7, 11) is 0. The van der Waals surface area contributed by atoms with E-state index in [0.29, 0.717) is 11.6 Å². The quantitative estimate of drug-likeness (QED) is 0.481. The van der Waals surface area contributed by atoms with E-state index < -0.39 is 0 Å². The second-order valence-corrected chi connectivity index (χ2v) is 9.68. The first-order chi connectivity index (χ1) is 14.2. The molecular weight excluding hydrogens is 407 g/mol. The molecule has 2 saturated heterocycles. The number of pyridine rings is 1. The number of halogens is 1. The molecule has 0 bridgehead atoms. The molecule has 148 valence electrons. The van der Waals surface area contributed by atoms with Crippen LogP contribution in [0.4, 0.5) is 15.8 Å². The Hall–Kier alpha value is -2.13. The Kier molecular flexibility index (Phi) is 4.09. The highest BCUT2D eigenvalue weighted by molar-refractivity contribution is 7.18. The van der Waals surface area contributed by atoms with Crippen LogP contribution in [-0.2, 0) is 4.74 Å². The van der Waals surface area contributed by atoms with Gasteiger partial charge in [0.05, 0.1) is 39.2 Å². The van der Waals surface area contributed by atoms with Crippen molar-refractivity contribution >= 4 is 54.5 Å². The van der Waals surface area contributed by atoms with E-state index in [9.17, 15) is 4.39 Å². The van der Waals surface area contributed by atoms with Crippen LogP contribution in [0.3, 0.4) is 0 Å². The highest BCUT2D eigenvalue weighted by Crippen LogP contribution is 2.45. The highest BCUT2D eigenvalue weighted by atomic mass is 32.1. The standard InChI is InChI=1S/C21H19FN4OS2/c22-14-8-19-17(24-11-28-19)9-16(14)26-15-2-4-23-20-12(15)7-18(29-20)13-1-5-25-21(13)3-6-27-10-21/h2,4,7-9,11,13,25H,1,3,5-6,10H2,(H,23,26)/t13?,21-/m0/s1. The van der Waals surface area contributed by atoms with Crippen LogP contribution in [-0.4, -0.2) is 35.3 Å². The molecule has 1 spiro atoms. The smallest absolute Gasteiger partial charge is 0.148 e. The third kappa shape index (κ3) is 2.85. The van der Waals surface area contributed by atoms with Gasteiger partial charge in [0.25, 0.3) is 0 Å². The van der Waals surface area contributed by atoms with Crippen molar-refractivity contribution in [1.82, 2.24) is 15.3 Å². The van der Waals surface area contributed by atoms with Crippen molar-refractivity contribution in [3.8, 4) is 0 Å². The van der Waals surface area contributed by atoms with Gasteiger partial charge in [0.1, 0.15) is 10.6 Å². The lowest BCUT2D eigenvalue weighted by molar-refractivity contribution is 0.168. The number of hydrogen-bond donors (Lipinski definition) is 2. The molecule has 8 heteroatoms. The van der Waals surface area contributed by atoms with Crippen LogP contribution in [0.25, 0.3) is 20.4 Å². The van der Waals surface area contributed by atoms with E-state index in [1.807, 2.05) is 6.07 Å². The summed E-state index contributed by atoms with van der Waals surface area (Å²) in [6.07, 6.45) is 3.93. The number of nitrogens with zero attached hydrogens (tertiary/aromatic N) is 2. The molecule has 0 saturated carbocycles. The molecule has 2 aliphatic rings. The maximum Gasteiger partial charge on any atom is 0.148 e. The van der Waals surface area contributed by atoms with Crippen LogP contribution in [0.5, 0.6) is 0 Å². The molecule has 1 aromatic carbocycles. The molecule has 3 aromatic heterocycles. The zero-order chi connectivity index (χ0) is 19.4. The van der Waals surface area contributed by atoms with E-state index in [-0.39, 0.29) is 11.4 Å². The predicted molar refractivity (Wildman–Crippen MR) is 116 cm³/mol. The van der Waals surface area contributed by atoms with Gasteiger partial charge in [-0.2, -0.15) is 0 Å². The second kappa shape index (κ2) is 6.70. The second-order valence-electron chi connectivity index (χ2n) is 7.73. The molecule has 2 N–H and O–H groups in total. The van der Waals surface area contributed by atoms with Crippen molar-refractivity contribution < 1.29 is 9.13 Å². The fraction of sp³-hybridized carbons (Fsp3) is 0.333. The van der Waals surface area contributed by atoms with Gasteiger partial charge in [-0.05, 0) is 43.7 Å². The normalized spacial score (nSPS) is 24.2. The number of thiazole rings is 1. The maximum absolute atomic E-state index is 14.6. The molecule has 6 rings (SSSR count). The van der Waals surface area contributed by atoms with E-state index in [4.69, 9.17) is 4.74 Å². The van der Waals surface area contributed by atoms with Gasteiger partial charge in [0.2, 0.25) is 0 Å². The maximum atomic E-state index is 14.6. The number of hydrogen-bond acceptors (Lipinski definition) is 7. The van der Waals surface area contributed by atoms with Gasteiger partial charge < -0.3 is 15.4 Å². The van der Waals surface area contributed by atoms with Crippen molar-refractivity contribution in [2.24, 2.45) is 0 Å². The highest BCUT2D eigenvalue weighted by Gasteiger charge is 2.46. The summed E-state index contributed by atoms with van der Waals surface area (Å²) in [5.74, 6) is 0.157. The number of aromatic nitrogens is 2. The summed E-state index contributed by atoms with van der Waals surface area (Å²) in [5.41, 5.74) is 3.90. The minimum atomic E-state index is -0.274. The Morgan fingerprint density at radius 2 is 2.21 bits per heavy atom. The number of rotatable bonds is 3. The topological polar surface area (TPSA) is 59.1 Å². The fourth-order valence-corrected chi connectivity index (χ4v) is 6.59. The van der Waals surface area contributed by atoms with Gasteiger partial charge in [-0.1, -0.05) is 0 Å². The Bertz CT molecular complexity index is 1210. The van der Waals surface area contributed by atoms with Crippen LogP contribution in [0.2, 0.25) is 0 Å². The van der Waals surface area contributed by atoms with Crippen molar-refractivity contribution in [2.75, 3.05) is 25.1 Å². The van der Waals surface area contributed by atoms with Crippen molar-refractivity contribution in [3.63, 3.8) is 0 Å². The van der Waals surface area contributed by atoms with Gasteiger partial charge >= 0.3 is 0 Å². The third-order valence-corrected chi connectivity index (χ3v) is 8.07. The van der Waals surface area contributed by atoms with Crippen LogP contribution in [0.1, 0.15) is 23.6 Å². The number of fused-ring (bicyclic) bond motifs is 2. The van der Waals surface area contributed by atoms with Crippen LogP contribution in [0.15, 0.2) is 36.0 Å². The first-order valence-electron chi connectivity index (χ1n) is 9.73. The molecule has 0 radical (unpaired) electrons. The summed E-state index contributed by atoms with van der Waals surface area (Å²) in [5, 5.41) is 8.00. The third-order valence-electron chi connectivity index (χ3n) is 6.12. The summed E-state index contributed by atoms with van der Waals surface area (Å²) >= 11 is 3.18. The number of nitrogens with one attached hydrogen (secondary N) is 2. The lowest BCUT2D eigenvalue weighted by Crippen LogP contribution is -2.44. The SMILES string of the molecule is Fc1cc2scnc2cc1Nc1ccnc2sc(C3CCN[C@]34CCOC4)cc12. The van der Waals surface area contributed by atoms with E-state index in [0.717, 1.165) is 58.7 Å². The Labute approximate surface area is 174 Å². The molecule has 4 aromatic rings. The van der Waals surface area contributed by atoms with E-state index in [2.05, 4.69) is 26.7 Å². The molecule has 2 aliphatic heterocycles. The lowest BCUT2D eigenvalue weighted by atomic mass is 9.83. The Balaban J connectivity index is 1.39. The predicted octanol–water partition coefficient (Wildman–Crippen LogP) is 5.02. The average molecular weight is 427 g/mol. The zero-order valence-electron chi connectivity index (χ0n) is 15.6. The molecule has 2 fully saturated rings. The molecule has 5 nitrogen and oxygen atoms in total. The Morgan fingerprint density at radius 1 is 1.24 bits per heavy atom. The Morgan fingerprint density at radius 3 is 3.10 bits per heavy atom. The lowest BCUT2D eigenvalue weighted by Gasteiger charge is -2.28. The van der Waals surface area contributed by atoms with Gasteiger partial charge in [-0.25, -0.2) is 14.4 Å². The van der Waals surface area contributed by atoms with Crippen LogP contribution >= 0.6 is 22.7 Å². The molecular formula is C21H19FN4OS2. The molecule has 5 heterocycles. The van der Waals surface area contributed by atoms with Gasteiger partial charge in [0.15, 0.2) is 0 Å². The largest absolute Gasteiger partial charge is 0.379 e. The molecule has 0 aliphatic carbocycles. The van der Waals surface area contributed by atoms with Gasteiger partial charge in [-0.3, -0.25) is 0 Å². The monoisotopic (exact) mass is 426 g/mol. The van der Waals surface area contributed by atoms with Crippen LogP contribution < -0.4 is 10.6 Å². The summed E-state index contributed by atoms with van der Waals surface area (Å²) in [6.45, 7) is 2.60. The first-order valence-corrected chi connectivity index (χ1v) is 11.4. The molecule has 29 heavy (non-hydrogen) atoms. The van der Waals surface area contributed by atoms with E-state index in [1.165, 1.54) is 16.2 Å². The summed E-state index contributed by atoms with van der Waals surface area (Å²) in [4.78, 5) is 11.2.